The van der Waals surface area contributed by atoms with Crippen LogP contribution in [0, 0.1) is 18.8 Å². The second kappa shape index (κ2) is 13.1. The minimum atomic E-state index is -5.08. The average Bonchev–Trinajstić information content (AvgIpc) is 3.75. The van der Waals surface area contributed by atoms with E-state index >= 15 is 0 Å². The van der Waals surface area contributed by atoms with E-state index in [1.807, 2.05) is 37.3 Å². The van der Waals surface area contributed by atoms with Crippen LogP contribution >= 0.6 is 0 Å². The summed E-state index contributed by atoms with van der Waals surface area (Å²) in [6.07, 6.45) is -3.37. The van der Waals surface area contributed by atoms with Crippen LogP contribution in [-0.4, -0.2) is 69.2 Å². The number of amides is 3. The Hall–Kier alpha value is -4.72. The maximum Gasteiger partial charge on any atom is 0.490 e. The number of aryl methyl sites for hydroxylation is 1. The van der Waals surface area contributed by atoms with Crippen LogP contribution in [0.15, 0.2) is 54.6 Å². The molecule has 0 spiro atoms. The number of likely N-dealkylation sites (tertiary alicyclic amines) is 1. The smallest absolute Gasteiger partial charge is 0.489 e. The van der Waals surface area contributed by atoms with Crippen LogP contribution in [0.25, 0.3) is 10.9 Å². The molecule has 2 aromatic carbocycles. The highest BCUT2D eigenvalue weighted by Gasteiger charge is 2.44. The van der Waals surface area contributed by atoms with Crippen molar-refractivity contribution in [2.24, 2.45) is 11.8 Å². The zero-order chi connectivity index (χ0) is 31.3. The second-order valence-corrected chi connectivity index (χ2v) is 10.2. The normalized spacial score (nSPS) is 17.9. The lowest BCUT2D eigenvalue weighted by molar-refractivity contribution is -0.192. The number of aromatic nitrogens is 1. The topological polar surface area (TPSA) is 158 Å². The number of carbonyl (C=O) groups excluding carboxylic acids is 3. The number of hydrogen-bond donors (Lipinski definition) is 4. The van der Waals surface area contributed by atoms with Gasteiger partial charge in [-0.3, -0.25) is 24.6 Å². The minimum absolute atomic E-state index is 0.00107. The van der Waals surface area contributed by atoms with Gasteiger partial charge in [0, 0.05) is 41.2 Å². The van der Waals surface area contributed by atoms with Gasteiger partial charge >= 0.3 is 12.1 Å². The molecule has 0 unspecified atom stereocenters. The Morgan fingerprint density at radius 3 is 2.30 bits per heavy atom. The zero-order valence-electron chi connectivity index (χ0n) is 22.9. The molecule has 1 aromatic heterocycles. The number of carboxylic acids is 1. The van der Waals surface area contributed by atoms with Crippen LogP contribution in [-0.2, 0) is 21.0 Å². The molecule has 1 aliphatic heterocycles. The number of alkyl halides is 3. The van der Waals surface area contributed by atoms with Gasteiger partial charge in [-0.2, -0.15) is 13.2 Å². The number of rotatable bonds is 7. The molecule has 2 fully saturated rings. The predicted octanol–water partition coefficient (Wildman–Crippen LogP) is 3.23. The Bertz CT molecular complexity index is 1510. The fraction of sp³-hybridized carbons (Fsp3) is 0.345. The largest absolute Gasteiger partial charge is 0.490 e. The molecule has 2 heterocycles. The van der Waals surface area contributed by atoms with Gasteiger partial charge in [-0.15, -0.1) is 0 Å². The lowest BCUT2D eigenvalue weighted by Gasteiger charge is -2.18. The first-order valence-electron chi connectivity index (χ1n) is 13.3. The summed E-state index contributed by atoms with van der Waals surface area (Å²) < 4.78 is 37.7. The van der Waals surface area contributed by atoms with Crippen LogP contribution in [0.4, 0.5) is 13.2 Å². The van der Waals surface area contributed by atoms with E-state index in [2.05, 4.69) is 10.3 Å². The maximum absolute atomic E-state index is 12.9. The number of nitrogens with zero attached hydrogens (tertiary/aromatic N) is 2. The van der Waals surface area contributed by atoms with Gasteiger partial charge in [0.25, 0.3) is 5.91 Å². The number of nitrogens with one attached hydrogen (secondary N) is 2. The third-order valence-electron chi connectivity index (χ3n) is 7.00. The van der Waals surface area contributed by atoms with Crippen molar-refractivity contribution in [1.29, 1.82) is 0 Å². The molecule has 43 heavy (non-hydrogen) atoms. The monoisotopic (exact) mass is 602 g/mol. The minimum Gasteiger partial charge on any atom is -0.489 e. The first-order chi connectivity index (χ1) is 20.4. The van der Waals surface area contributed by atoms with E-state index in [0.717, 1.165) is 35.0 Å². The Morgan fingerprint density at radius 2 is 1.70 bits per heavy atom. The van der Waals surface area contributed by atoms with E-state index in [9.17, 15) is 27.6 Å². The van der Waals surface area contributed by atoms with E-state index in [-0.39, 0.29) is 30.8 Å². The fourth-order valence-corrected chi connectivity index (χ4v) is 4.70. The van der Waals surface area contributed by atoms with E-state index < -0.39 is 30.0 Å². The predicted molar refractivity (Wildman–Crippen MR) is 145 cm³/mol. The van der Waals surface area contributed by atoms with Gasteiger partial charge in [0.2, 0.25) is 11.8 Å². The SMILES string of the molecule is Cc1cc(COc2ccc(C(=O)N[C@@H]3CN(C(=O)C4CC4)C[C@@H]3C(=O)NO)cc2)c2ccccc2n1.O=C(O)C(F)(F)F. The van der Waals surface area contributed by atoms with Gasteiger partial charge in [-0.05, 0) is 56.2 Å². The number of hydrogen-bond acceptors (Lipinski definition) is 7. The molecule has 0 bridgehead atoms. The molecule has 3 aromatic rings. The Morgan fingerprint density at radius 1 is 1.05 bits per heavy atom. The standard InChI is InChI=1S/C27H28N4O5.C2HF3O2/c1-16-12-19(21-4-2-3-5-23(21)28-16)15-36-20-10-8-17(9-11-20)25(32)29-24-14-31(27(34)18-6-7-18)13-22(24)26(33)30-35;3-2(4,5)1(6)7/h2-5,8-12,18,22,24,35H,6-7,13-15H2,1H3,(H,29,32)(H,30,33);(H,6,7)/t22-,24+;/m0./s1. The van der Waals surface area contributed by atoms with Gasteiger partial charge in [0.15, 0.2) is 0 Å². The summed E-state index contributed by atoms with van der Waals surface area (Å²) in [5.41, 5.74) is 4.92. The van der Waals surface area contributed by atoms with Crippen molar-refractivity contribution in [3.05, 3.63) is 71.4 Å². The van der Waals surface area contributed by atoms with Crippen LogP contribution in [0.5, 0.6) is 5.75 Å². The van der Waals surface area contributed by atoms with Gasteiger partial charge in [-0.25, -0.2) is 10.3 Å². The molecule has 1 saturated heterocycles. The summed E-state index contributed by atoms with van der Waals surface area (Å²) in [7, 11) is 0. The molecule has 2 aliphatic rings. The summed E-state index contributed by atoms with van der Waals surface area (Å²) in [5.74, 6) is -3.83. The number of pyridine rings is 1. The number of hydroxylamine groups is 1. The molecule has 11 nitrogen and oxygen atoms in total. The van der Waals surface area contributed by atoms with Crippen LogP contribution in [0.1, 0.15) is 34.5 Å². The van der Waals surface area contributed by atoms with Crippen LogP contribution in [0.2, 0.25) is 0 Å². The van der Waals surface area contributed by atoms with Gasteiger partial charge in [0.1, 0.15) is 12.4 Å². The molecule has 228 valence electrons. The molecule has 5 rings (SSSR count). The summed E-state index contributed by atoms with van der Waals surface area (Å²) in [5, 5.41) is 20.1. The number of halogens is 3. The molecule has 1 aliphatic carbocycles. The lowest BCUT2D eigenvalue weighted by Crippen LogP contribution is -2.45. The third kappa shape index (κ3) is 7.97. The average molecular weight is 603 g/mol. The quantitative estimate of drug-likeness (QED) is 0.237. The molecular formula is C29H29F3N4O7. The number of benzene rings is 2. The highest BCUT2D eigenvalue weighted by Crippen LogP contribution is 2.33. The van der Waals surface area contributed by atoms with Crippen molar-refractivity contribution in [2.45, 2.75) is 38.6 Å². The molecule has 2 atom stereocenters. The van der Waals surface area contributed by atoms with Crippen molar-refractivity contribution in [1.82, 2.24) is 20.7 Å². The number of fused-ring (bicyclic) bond motifs is 1. The molecule has 0 radical (unpaired) electrons. The van der Waals surface area contributed by atoms with E-state index in [1.165, 1.54) is 0 Å². The third-order valence-corrected chi connectivity index (χ3v) is 7.00. The van der Waals surface area contributed by atoms with Crippen molar-refractivity contribution in [3.63, 3.8) is 0 Å². The number of carbonyl (C=O) groups is 4. The lowest BCUT2D eigenvalue weighted by atomic mass is 10.0. The Balaban J connectivity index is 0.000000541. The van der Waals surface area contributed by atoms with Crippen LogP contribution in [0.3, 0.4) is 0 Å². The molecule has 3 amide bonds. The molecule has 14 heteroatoms. The number of carboxylic acid groups (broad SMARTS) is 1. The molecular weight excluding hydrogens is 573 g/mol. The second-order valence-electron chi connectivity index (χ2n) is 10.2. The van der Waals surface area contributed by atoms with Gasteiger partial charge in [-0.1, -0.05) is 18.2 Å². The summed E-state index contributed by atoms with van der Waals surface area (Å²) in [6, 6.07) is 16.1. The van der Waals surface area contributed by atoms with Gasteiger partial charge < -0.3 is 20.1 Å². The Kier molecular flexibility index (Phi) is 9.49. The van der Waals surface area contributed by atoms with Crippen LogP contribution < -0.4 is 15.5 Å². The fourth-order valence-electron chi connectivity index (χ4n) is 4.70. The number of aliphatic carboxylic acids is 1. The highest BCUT2D eigenvalue weighted by atomic mass is 19.4. The first kappa shape index (κ1) is 31.2. The molecule has 1 saturated carbocycles. The van der Waals surface area contributed by atoms with Crippen molar-refractivity contribution in [3.8, 4) is 5.75 Å². The Labute approximate surface area is 243 Å². The summed E-state index contributed by atoms with van der Waals surface area (Å²) >= 11 is 0. The molecule has 4 N–H and O–H groups in total. The van der Waals surface area contributed by atoms with Crippen molar-refractivity contribution >= 4 is 34.6 Å². The number of para-hydroxylation sites is 1. The van der Waals surface area contributed by atoms with E-state index in [0.29, 0.717) is 17.9 Å². The van der Waals surface area contributed by atoms with E-state index in [1.54, 1.807) is 34.6 Å². The van der Waals surface area contributed by atoms with E-state index in [4.69, 9.17) is 19.8 Å². The number of ether oxygens (including phenoxy) is 1. The van der Waals surface area contributed by atoms with Gasteiger partial charge in [0.05, 0.1) is 17.5 Å². The summed E-state index contributed by atoms with van der Waals surface area (Å²) in [6.45, 7) is 2.71. The van der Waals surface area contributed by atoms with Crippen molar-refractivity contribution in [2.75, 3.05) is 13.1 Å². The van der Waals surface area contributed by atoms with Crippen molar-refractivity contribution < 1.29 is 47.4 Å². The summed E-state index contributed by atoms with van der Waals surface area (Å²) in [4.78, 5) is 52.6. The highest BCUT2D eigenvalue weighted by molar-refractivity contribution is 5.95. The zero-order valence-corrected chi connectivity index (χ0v) is 22.9. The maximum atomic E-state index is 12.9. The first-order valence-corrected chi connectivity index (χ1v) is 13.3.